The number of aromatic nitrogens is 2. The SMILES string of the molecule is Cc1ccc(S(=O)(=O)Cl)nn1. The van der Waals surface area contributed by atoms with Crippen LogP contribution in [0.5, 0.6) is 0 Å². The molecule has 0 saturated heterocycles. The van der Waals surface area contributed by atoms with Gasteiger partial charge in [0.05, 0.1) is 5.69 Å². The molecule has 0 fully saturated rings. The van der Waals surface area contributed by atoms with Crippen LogP contribution in [0, 0.1) is 6.92 Å². The molecule has 60 valence electrons. The van der Waals surface area contributed by atoms with Crippen molar-refractivity contribution < 1.29 is 8.42 Å². The van der Waals surface area contributed by atoms with E-state index in [-0.39, 0.29) is 5.03 Å². The maximum atomic E-state index is 10.6. The Labute approximate surface area is 68.6 Å². The highest BCUT2D eigenvalue weighted by atomic mass is 35.7. The molecule has 11 heavy (non-hydrogen) atoms. The highest BCUT2D eigenvalue weighted by Crippen LogP contribution is 2.09. The molecule has 0 N–H and O–H groups in total. The second kappa shape index (κ2) is 2.75. The summed E-state index contributed by atoms with van der Waals surface area (Å²) in [6.45, 7) is 1.71. The number of nitrogens with zero attached hydrogens (tertiary/aromatic N) is 2. The molecule has 1 rings (SSSR count). The normalized spacial score (nSPS) is 11.5. The van der Waals surface area contributed by atoms with E-state index in [1.807, 2.05) is 0 Å². The Bertz CT molecular complexity index is 345. The van der Waals surface area contributed by atoms with E-state index >= 15 is 0 Å². The van der Waals surface area contributed by atoms with E-state index in [1.165, 1.54) is 12.1 Å². The third kappa shape index (κ3) is 2.13. The minimum atomic E-state index is -3.72. The summed E-state index contributed by atoms with van der Waals surface area (Å²) >= 11 is 0. The van der Waals surface area contributed by atoms with E-state index in [4.69, 9.17) is 10.7 Å². The van der Waals surface area contributed by atoms with Crippen LogP contribution in [0.1, 0.15) is 5.69 Å². The van der Waals surface area contributed by atoms with Crippen LogP contribution >= 0.6 is 10.7 Å². The van der Waals surface area contributed by atoms with Gasteiger partial charge in [-0.25, -0.2) is 8.42 Å². The summed E-state index contributed by atoms with van der Waals surface area (Å²) in [7, 11) is 1.26. The van der Waals surface area contributed by atoms with Crippen molar-refractivity contribution in [3.63, 3.8) is 0 Å². The van der Waals surface area contributed by atoms with Crippen molar-refractivity contribution >= 4 is 19.7 Å². The summed E-state index contributed by atoms with van der Waals surface area (Å²) in [6.07, 6.45) is 0. The van der Waals surface area contributed by atoms with E-state index in [0.717, 1.165) is 0 Å². The first-order chi connectivity index (χ1) is 5.00. The smallest absolute Gasteiger partial charge is 0.205 e. The molecule has 0 unspecified atom stereocenters. The average molecular weight is 193 g/mol. The second-order valence-corrected chi connectivity index (χ2v) is 4.46. The molecule has 0 radical (unpaired) electrons. The minimum absolute atomic E-state index is 0.218. The summed E-state index contributed by atoms with van der Waals surface area (Å²) in [6, 6.07) is 2.84. The van der Waals surface area contributed by atoms with Gasteiger partial charge in [-0.2, -0.15) is 5.10 Å². The number of aryl methyl sites for hydroxylation is 1. The lowest BCUT2D eigenvalue weighted by molar-refractivity contribution is 0.603. The van der Waals surface area contributed by atoms with Crippen LogP contribution in [0.3, 0.4) is 0 Å². The molecule has 1 aromatic heterocycles. The van der Waals surface area contributed by atoms with Gasteiger partial charge in [-0.15, -0.1) is 5.10 Å². The molecule has 0 atom stereocenters. The summed E-state index contributed by atoms with van der Waals surface area (Å²) in [5, 5.41) is 6.69. The first-order valence-corrected chi connectivity index (χ1v) is 5.06. The fourth-order valence-electron chi connectivity index (χ4n) is 0.517. The number of rotatable bonds is 1. The van der Waals surface area contributed by atoms with Gasteiger partial charge in [0.1, 0.15) is 0 Å². The lowest BCUT2D eigenvalue weighted by Crippen LogP contribution is -1.97. The Balaban J connectivity index is 3.20. The van der Waals surface area contributed by atoms with Crippen molar-refractivity contribution in [1.29, 1.82) is 0 Å². The highest BCUT2D eigenvalue weighted by Gasteiger charge is 2.10. The van der Waals surface area contributed by atoms with Gasteiger partial charge in [-0.1, -0.05) is 0 Å². The zero-order valence-corrected chi connectivity index (χ0v) is 7.22. The van der Waals surface area contributed by atoms with Crippen LogP contribution in [0.4, 0.5) is 0 Å². The average Bonchev–Trinajstić information content (AvgIpc) is 1.86. The van der Waals surface area contributed by atoms with E-state index < -0.39 is 9.05 Å². The van der Waals surface area contributed by atoms with Crippen LogP contribution in [0.2, 0.25) is 0 Å². The lowest BCUT2D eigenvalue weighted by Gasteiger charge is -1.92. The van der Waals surface area contributed by atoms with Gasteiger partial charge in [0.2, 0.25) is 0 Å². The summed E-state index contributed by atoms with van der Waals surface area (Å²) in [5.41, 5.74) is 0.647. The van der Waals surface area contributed by atoms with E-state index in [1.54, 1.807) is 6.92 Å². The van der Waals surface area contributed by atoms with Crippen molar-refractivity contribution in [3.8, 4) is 0 Å². The van der Waals surface area contributed by atoms with Crippen LogP contribution in [0.15, 0.2) is 17.2 Å². The van der Waals surface area contributed by atoms with Crippen LogP contribution in [-0.2, 0) is 9.05 Å². The molecule has 0 spiro atoms. The van der Waals surface area contributed by atoms with Crippen LogP contribution in [-0.4, -0.2) is 18.6 Å². The highest BCUT2D eigenvalue weighted by molar-refractivity contribution is 8.13. The Hall–Kier alpha value is -0.680. The molecular weight excluding hydrogens is 188 g/mol. The molecular formula is C5H5ClN2O2S. The molecule has 4 nitrogen and oxygen atoms in total. The van der Waals surface area contributed by atoms with Gasteiger partial charge in [0.25, 0.3) is 9.05 Å². The third-order valence-corrected chi connectivity index (χ3v) is 2.21. The predicted octanol–water partition coefficient (Wildman–Crippen LogP) is 0.713. The van der Waals surface area contributed by atoms with Gasteiger partial charge in [0.15, 0.2) is 5.03 Å². The van der Waals surface area contributed by atoms with Crippen LogP contribution < -0.4 is 0 Å². The molecule has 0 aliphatic rings. The van der Waals surface area contributed by atoms with Gasteiger partial charge in [-0.05, 0) is 19.1 Å². The predicted molar refractivity (Wildman–Crippen MR) is 39.8 cm³/mol. The monoisotopic (exact) mass is 192 g/mol. The molecule has 6 heteroatoms. The largest absolute Gasteiger partial charge is 0.280 e. The van der Waals surface area contributed by atoms with Crippen LogP contribution in [0.25, 0.3) is 0 Å². The van der Waals surface area contributed by atoms with Crippen molar-refractivity contribution in [2.24, 2.45) is 0 Å². The van der Waals surface area contributed by atoms with Gasteiger partial charge >= 0.3 is 0 Å². The van der Waals surface area contributed by atoms with Gasteiger partial charge in [-0.3, -0.25) is 0 Å². The summed E-state index contributed by atoms with van der Waals surface area (Å²) in [4.78, 5) is 0. The topological polar surface area (TPSA) is 59.9 Å². The lowest BCUT2D eigenvalue weighted by atomic mass is 10.4. The first-order valence-electron chi connectivity index (χ1n) is 2.75. The van der Waals surface area contributed by atoms with Crippen molar-refractivity contribution in [1.82, 2.24) is 10.2 Å². The zero-order chi connectivity index (χ0) is 8.48. The van der Waals surface area contributed by atoms with E-state index in [0.29, 0.717) is 5.69 Å². The van der Waals surface area contributed by atoms with Crippen molar-refractivity contribution in [3.05, 3.63) is 17.8 Å². The Morgan fingerprint density at radius 2 is 2.00 bits per heavy atom. The van der Waals surface area contributed by atoms with E-state index in [2.05, 4.69) is 10.2 Å². The maximum absolute atomic E-state index is 10.6. The Kier molecular flexibility index (Phi) is 2.10. The molecule has 0 amide bonds. The minimum Gasteiger partial charge on any atom is -0.205 e. The fraction of sp³-hybridized carbons (Fsp3) is 0.200. The molecule has 0 aliphatic heterocycles. The van der Waals surface area contributed by atoms with E-state index in [9.17, 15) is 8.42 Å². The standard InChI is InChI=1S/C5H5ClN2O2S/c1-4-2-3-5(8-7-4)11(6,9)10/h2-3H,1H3. The molecule has 0 aromatic carbocycles. The molecule has 0 bridgehead atoms. The molecule has 0 saturated carbocycles. The zero-order valence-electron chi connectivity index (χ0n) is 5.65. The number of hydrogen-bond donors (Lipinski definition) is 0. The van der Waals surface area contributed by atoms with Crippen molar-refractivity contribution in [2.45, 2.75) is 11.9 Å². The maximum Gasteiger partial charge on any atom is 0.280 e. The molecule has 1 heterocycles. The second-order valence-electron chi connectivity index (χ2n) is 1.95. The number of hydrogen-bond acceptors (Lipinski definition) is 4. The fourth-order valence-corrected chi connectivity index (χ4v) is 1.13. The quantitative estimate of drug-likeness (QED) is 0.615. The molecule has 1 aromatic rings. The Morgan fingerprint density at radius 3 is 2.36 bits per heavy atom. The Morgan fingerprint density at radius 1 is 1.36 bits per heavy atom. The van der Waals surface area contributed by atoms with Gasteiger partial charge < -0.3 is 0 Å². The molecule has 0 aliphatic carbocycles. The summed E-state index contributed by atoms with van der Waals surface area (Å²) in [5.74, 6) is 0. The first kappa shape index (κ1) is 8.42. The third-order valence-electron chi connectivity index (χ3n) is 1.02. The summed E-state index contributed by atoms with van der Waals surface area (Å²) < 4.78 is 21.2. The number of halogens is 1. The van der Waals surface area contributed by atoms with Crippen molar-refractivity contribution in [2.75, 3.05) is 0 Å². The van der Waals surface area contributed by atoms with Gasteiger partial charge in [0, 0.05) is 10.7 Å².